The Kier molecular flexibility index (Phi) is 2.85. The number of rotatable bonds is 2. The Bertz CT molecular complexity index is 548. The molecule has 1 fully saturated rings. The fraction of sp³-hybridized carbons (Fsp3) is 0.462. The largest absolute Gasteiger partial charge is 0.506 e. The minimum atomic E-state index is -1.08. The lowest BCUT2D eigenvalue weighted by Crippen LogP contribution is -2.33. The molecule has 0 saturated heterocycles. The second kappa shape index (κ2) is 4.30. The van der Waals surface area contributed by atoms with Crippen molar-refractivity contribution in [2.24, 2.45) is 0 Å². The fourth-order valence-corrected chi connectivity index (χ4v) is 3.40. The predicted octanol–water partition coefficient (Wildman–Crippen LogP) is 2.78. The maximum absolute atomic E-state index is 11.8. The number of aliphatic carboxylic acids is 1. The number of fused-ring (bicyclic) bond motifs is 1. The van der Waals surface area contributed by atoms with E-state index in [4.69, 9.17) is 9.47 Å². The minimum Gasteiger partial charge on any atom is -0.506 e. The number of hydrogen-bond acceptors (Lipinski definition) is 4. The molecule has 1 aromatic carbocycles. The van der Waals surface area contributed by atoms with Crippen molar-refractivity contribution in [3.63, 3.8) is 0 Å². The molecule has 0 bridgehead atoms. The summed E-state index contributed by atoms with van der Waals surface area (Å²) < 4.78 is 11.1. The van der Waals surface area contributed by atoms with Crippen molar-refractivity contribution in [1.82, 2.24) is 0 Å². The highest BCUT2D eigenvalue weighted by molar-refractivity contribution is 9.10. The summed E-state index contributed by atoms with van der Waals surface area (Å²) in [6, 6.07) is 1.60. The second-order valence-corrected chi connectivity index (χ2v) is 5.76. The lowest BCUT2D eigenvalue weighted by molar-refractivity contribution is -0.143. The van der Waals surface area contributed by atoms with Gasteiger partial charge in [0.1, 0.15) is 11.2 Å². The average Bonchev–Trinajstić information content (AvgIpc) is 2.99. The monoisotopic (exact) mass is 328 g/mol. The molecule has 3 rings (SSSR count). The summed E-state index contributed by atoms with van der Waals surface area (Å²) in [6.07, 6.45) is 2.66. The van der Waals surface area contributed by atoms with E-state index in [1.54, 1.807) is 6.07 Å². The number of hydrogen-bond donors (Lipinski definition) is 2. The summed E-state index contributed by atoms with van der Waals surface area (Å²) in [6.45, 7) is 0.0495. The molecule has 102 valence electrons. The Morgan fingerprint density at radius 1 is 1.32 bits per heavy atom. The SMILES string of the molecule is O=C(O)C1(c2c(O)c(Br)cc3c2OCO3)CCCC1. The minimum absolute atomic E-state index is 0.0495. The highest BCUT2D eigenvalue weighted by Gasteiger charge is 2.48. The van der Waals surface area contributed by atoms with Gasteiger partial charge in [0.2, 0.25) is 6.79 Å². The van der Waals surface area contributed by atoms with E-state index in [1.807, 2.05) is 0 Å². The zero-order valence-corrected chi connectivity index (χ0v) is 11.7. The van der Waals surface area contributed by atoms with Crippen molar-refractivity contribution in [3.8, 4) is 17.2 Å². The molecule has 5 nitrogen and oxygen atoms in total. The molecule has 2 aliphatic rings. The van der Waals surface area contributed by atoms with Crippen LogP contribution in [-0.2, 0) is 10.2 Å². The number of carbonyl (C=O) groups is 1. The van der Waals surface area contributed by atoms with Gasteiger partial charge in [-0.15, -0.1) is 0 Å². The summed E-state index contributed by atoms with van der Waals surface area (Å²) >= 11 is 3.24. The van der Waals surface area contributed by atoms with E-state index in [9.17, 15) is 15.0 Å². The van der Waals surface area contributed by atoms with Crippen molar-refractivity contribution in [1.29, 1.82) is 0 Å². The van der Waals surface area contributed by atoms with Crippen molar-refractivity contribution in [2.75, 3.05) is 6.79 Å². The molecule has 6 heteroatoms. The van der Waals surface area contributed by atoms with Crippen LogP contribution in [0.15, 0.2) is 10.5 Å². The average molecular weight is 329 g/mol. The highest BCUT2D eigenvalue weighted by atomic mass is 79.9. The van der Waals surface area contributed by atoms with Gasteiger partial charge in [0, 0.05) is 6.07 Å². The van der Waals surface area contributed by atoms with E-state index in [1.165, 1.54) is 0 Å². The van der Waals surface area contributed by atoms with Crippen LogP contribution < -0.4 is 9.47 Å². The normalized spacial score (nSPS) is 19.6. The van der Waals surface area contributed by atoms with Gasteiger partial charge in [-0.3, -0.25) is 4.79 Å². The van der Waals surface area contributed by atoms with Gasteiger partial charge in [0.15, 0.2) is 11.5 Å². The Morgan fingerprint density at radius 2 is 2.00 bits per heavy atom. The first kappa shape index (κ1) is 12.6. The molecular formula is C13H13BrO5. The standard InChI is InChI=1S/C13H13BrO5/c14-7-5-8-11(19-6-18-8)9(10(7)15)13(12(16)17)3-1-2-4-13/h5,15H,1-4,6H2,(H,16,17). The zero-order chi connectivity index (χ0) is 13.6. The number of halogens is 1. The van der Waals surface area contributed by atoms with Crippen LogP contribution in [0.1, 0.15) is 31.2 Å². The van der Waals surface area contributed by atoms with Crippen LogP contribution in [0.25, 0.3) is 0 Å². The lowest BCUT2D eigenvalue weighted by atomic mass is 9.77. The number of phenolic OH excluding ortho intramolecular Hbond substituents is 1. The topological polar surface area (TPSA) is 76.0 Å². The molecule has 1 saturated carbocycles. The fourth-order valence-electron chi connectivity index (χ4n) is 2.99. The van der Waals surface area contributed by atoms with Gasteiger partial charge in [0.05, 0.1) is 10.0 Å². The molecule has 19 heavy (non-hydrogen) atoms. The van der Waals surface area contributed by atoms with Crippen LogP contribution in [0, 0.1) is 0 Å². The van der Waals surface area contributed by atoms with Gasteiger partial charge >= 0.3 is 5.97 Å². The summed E-state index contributed by atoms with van der Waals surface area (Å²) in [7, 11) is 0. The lowest BCUT2D eigenvalue weighted by Gasteiger charge is -2.26. The van der Waals surface area contributed by atoms with Gasteiger partial charge in [-0.25, -0.2) is 0 Å². The number of carboxylic acids is 1. The van der Waals surface area contributed by atoms with E-state index in [2.05, 4.69) is 15.9 Å². The van der Waals surface area contributed by atoms with Crippen molar-refractivity contribution < 1.29 is 24.5 Å². The van der Waals surface area contributed by atoms with Gasteiger partial charge < -0.3 is 19.7 Å². The predicted molar refractivity (Wildman–Crippen MR) is 69.7 cm³/mol. The molecule has 1 aliphatic carbocycles. The third kappa shape index (κ3) is 1.69. The van der Waals surface area contributed by atoms with Crippen LogP contribution >= 0.6 is 15.9 Å². The molecule has 2 N–H and O–H groups in total. The van der Waals surface area contributed by atoms with Crippen LogP contribution in [0.5, 0.6) is 17.2 Å². The van der Waals surface area contributed by atoms with Crippen molar-refractivity contribution in [3.05, 3.63) is 16.1 Å². The number of aromatic hydroxyl groups is 1. The number of benzene rings is 1. The zero-order valence-electron chi connectivity index (χ0n) is 10.1. The molecule has 1 heterocycles. The highest BCUT2D eigenvalue weighted by Crippen LogP contribution is 2.54. The van der Waals surface area contributed by atoms with E-state index in [0.717, 1.165) is 12.8 Å². The van der Waals surface area contributed by atoms with Crippen LogP contribution in [-0.4, -0.2) is 23.0 Å². The molecule has 0 amide bonds. The summed E-state index contributed by atoms with van der Waals surface area (Å²) in [4.78, 5) is 11.8. The Balaban J connectivity index is 2.27. The number of phenols is 1. The first-order valence-electron chi connectivity index (χ1n) is 6.11. The molecule has 1 aliphatic heterocycles. The molecule has 0 unspecified atom stereocenters. The van der Waals surface area contributed by atoms with Crippen molar-refractivity contribution >= 4 is 21.9 Å². The van der Waals surface area contributed by atoms with Gasteiger partial charge in [-0.1, -0.05) is 12.8 Å². The first-order valence-corrected chi connectivity index (χ1v) is 6.90. The van der Waals surface area contributed by atoms with Gasteiger partial charge in [-0.05, 0) is 28.8 Å². The summed E-state index contributed by atoms with van der Waals surface area (Å²) in [5.74, 6) is -0.137. The summed E-state index contributed by atoms with van der Waals surface area (Å²) in [5.41, 5.74) is -0.731. The molecule has 0 spiro atoms. The maximum Gasteiger partial charge on any atom is 0.314 e. The summed E-state index contributed by atoms with van der Waals surface area (Å²) in [5, 5.41) is 19.9. The second-order valence-electron chi connectivity index (χ2n) is 4.91. The molecule has 1 aromatic rings. The Morgan fingerprint density at radius 3 is 2.63 bits per heavy atom. The maximum atomic E-state index is 11.8. The van der Waals surface area contributed by atoms with Crippen LogP contribution in [0.2, 0.25) is 0 Å². The quantitative estimate of drug-likeness (QED) is 0.873. The van der Waals surface area contributed by atoms with Crippen LogP contribution in [0.3, 0.4) is 0 Å². The number of ether oxygens (including phenoxy) is 2. The third-order valence-corrected chi connectivity index (χ3v) is 4.54. The van der Waals surface area contributed by atoms with Crippen molar-refractivity contribution in [2.45, 2.75) is 31.1 Å². The van der Waals surface area contributed by atoms with Crippen LogP contribution in [0.4, 0.5) is 0 Å². The number of carboxylic acid groups (broad SMARTS) is 1. The smallest absolute Gasteiger partial charge is 0.314 e. The van der Waals surface area contributed by atoms with E-state index in [0.29, 0.717) is 34.4 Å². The van der Waals surface area contributed by atoms with Gasteiger partial charge in [0.25, 0.3) is 0 Å². The van der Waals surface area contributed by atoms with E-state index in [-0.39, 0.29) is 12.5 Å². The first-order chi connectivity index (χ1) is 9.06. The molecule has 0 atom stereocenters. The Hall–Kier alpha value is -1.43. The Labute approximate surface area is 118 Å². The molecule has 0 radical (unpaired) electrons. The third-order valence-electron chi connectivity index (χ3n) is 3.93. The molecule has 0 aromatic heterocycles. The van der Waals surface area contributed by atoms with Gasteiger partial charge in [-0.2, -0.15) is 0 Å². The molecular weight excluding hydrogens is 316 g/mol. The van der Waals surface area contributed by atoms with E-state index < -0.39 is 11.4 Å². The van der Waals surface area contributed by atoms with E-state index >= 15 is 0 Å².